The first-order valence-electron chi connectivity index (χ1n) is 9.56. The average molecular weight is 358 g/mol. The van der Waals surface area contributed by atoms with Crippen molar-refractivity contribution in [3.8, 4) is 0 Å². The van der Waals surface area contributed by atoms with E-state index in [0.29, 0.717) is 6.61 Å². The number of rotatable bonds is 10. The molecule has 0 aliphatic heterocycles. The summed E-state index contributed by atoms with van der Waals surface area (Å²) in [5.41, 5.74) is 4.80. The van der Waals surface area contributed by atoms with Crippen molar-refractivity contribution in [2.24, 2.45) is 0 Å². The third kappa shape index (κ3) is 6.46. The number of aromatic nitrogens is 2. The normalized spacial score (nSPS) is 11.5. The van der Waals surface area contributed by atoms with Gasteiger partial charge in [0.25, 0.3) is 0 Å². The van der Waals surface area contributed by atoms with Crippen molar-refractivity contribution >= 4 is 5.57 Å². The van der Waals surface area contributed by atoms with Crippen LogP contribution in [-0.4, -0.2) is 16.6 Å². The summed E-state index contributed by atoms with van der Waals surface area (Å²) in [6.07, 6.45) is 14.2. The van der Waals surface area contributed by atoms with E-state index in [-0.39, 0.29) is 0 Å². The first-order chi connectivity index (χ1) is 13.4. The molecule has 0 fully saturated rings. The lowest BCUT2D eigenvalue weighted by Gasteiger charge is -2.08. The van der Waals surface area contributed by atoms with Crippen molar-refractivity contribution in [3.05, 3.63) is 102 Å². The van der Waals surface area contributed by atoms with E-state index in [4.69, 9.17) is 4.74 Å². The molecular weight excluding hydrogens is 332 g/mol. The summed E-state index contributed by atoms with van der Waals surface area (Å²) >= 11 is 0. The lowest BCUT2D eigenvalue weighted by Crippen LogP contribution is -1.96. The molecule has 0 radical (unpaired) electrons. The fraction of sp³-hybridized carbons (Fsp3) is 0.250. The molecular formula is C24H26N2O. The number of ether oxygens (including phenoxy) is 1. The molecule has 0 N–H and O–H groups in total. The molecule has 0 amide bonds. The second-order valence-corrected chi connectivity index (χ2v) is 6.49. The third-order valence-electron chi connectivity index (χ3n) is 4.39. The van der Waals surface area contributed by atoms with Gasteiger partial charge in [0.05, 0.1) is 6.61 Å². The summed E-state index contributed by atoms with van der Waals surface area (Å²) < 4.78 is 5.72. The lowest BCUT2D eigenvalue weighted by molar-refractivity contribution is 0.116. The number of pyridine rings is 2. The minimum Gasteiger partial charge on any atom is -0.377 e. The molecule has 0 aliphatic carbocycles. The number of unbranched alkanes of at least 4 members (excludes halogenated alkanes) is 3. The molecule has 1 aromatic carbocycles. The molecule has 27 heavy (non-hydrogen) atoms. The molecule has 0 saturated heterocycles. The van der Waals surface area contributed by atoms with Crippen LogP contribution in [0, 0.1) is 0 Å². The Bertz CT molecular complexity index is 760. The summed E-state index contributed by atoms with van der Waals surface area (Å²) in [4.78, 5) is 8.37. The van der Waals surface area contributed by atoms with Crippen molar-refractivity contribution in [1.29, 1.82) is 0 Å². The third-order valence-corrected chi connectivity index (χ3v) is 4.39. The number of hydrogen-bond donors (Lipinski definition) is 0. The van der Waals surface area contributed by atoms with Gasteiger partial charge in [0, 0.05) is 37.0 Å². The Morgan fingerprint density at radius 1 is 0.778 bits per heavy atom. The van der Waals surface area contributed by atoms with Gasteiger partial charge in [0.1, 0.15) is 0 Å². The van der Waals surface area contributed by atoms with Gasteiger partial charge in [-0.05, 0) is 48.1 Å². The van der Waals surface area contributed by atoms with Crippen molar-refractivity contribution in [2.75, 3.05) is 6.61 Å². The molecule has 3 rings (SSSR count). The Hall–Kier alpha value is -2.78. The maximum absolute atomic E-state index is 5.72. The molecule has 0 bridgehead atoms. The van der Waals surface area contributed by atoms with E-state index in [0.717, 1.165) is 31.4 Å². The number of nitrogens with zero attached hydrogens (tertiary/aromatic N) is 2. The zero-order chi connectivity index (χ0) is 18.6. The first kappa shape index (κ1) is 19.0. The number of benzene rings is 1. The highest BCUT2D eigenvalue weighted by molar-refractivity contribution is 5.79. The van der Waals surface area contributed by atoms with Crippen molar-refractivity contribution in [2.45, 2.75) is 32.3 Å². The predicted molar refractivity (Wildman–Crippen MR) is 110 cm³/mol. The summed E-state index contributed by atoms with van der Waals surface area (Å²) in [5.74, 6) is 0. The fourth-order valence-corrected chi connectivity index (χ4v) is 2.99. The highest BCUT2D eigenvalue weighted by Crippen LogP contribution is 2.23. The minimum absolute atomic E-state index is 0.646. The lowest BCUT2D eigenvalue weighted by atomic mass is 9.97. The molecule has 2 heterocycles. The van der Waals surface area contributed by atoms with Gasteiger partial charge in [-0.25, -0.2) is 0 Å². The zero-order valence-corrected chi connectivity index (χ0v) is 15.6. The monoisotopic (exact) mass is 358 g/mol. The van der Waals surface area contributed by atoms with Gasteiger partial charge in [-0.1, -0.05) is 55.0 Å². The average Bonchev–Trinajstić information content (AvgIpc) is 2.75. The van der Waals surface area contributed by atoms with Crippen LogP contribution in [0.3, 0.4) is 0 Å². The molecule has 3 heteroatoms. The van der Waals surface area contributed by atoms with Crippen molar-refractivity contribution < 1.29 is 4.74 Å². The van der Waals surface area contributed by atoms with Gasteiger partial charge in [0.2, 0.25) is 0 Å². The second-order valence-electron chi connectivity index (χ2n) is 6.49. The molecule has 2 aromatic heterocycles. The van der Waals surface area contributed by atoms with Crippen LogP contribution in [-0.2, 0) is 11.3 Å². The van der Waals surface area contributed by atoms with Crippen LogP contribution < -0.4 is 0 Å². The second kappa shape index (κ2) is 11.0. The fourth-order valence-electron chi connectivity index (χ4n) is 2.99. The standard InChI is InChI=1S/C24H26N2O/c1(2-7-17-27-20-21-10-8-15-25-18-21)6-14-24(22-11-4-3-5-12-22)23-13-9-16-26-19-23/h3-5,8-16,18-19H,1-2,6-7,17,20H2/b24-14+. The van der Waals surface area contributed by atoms with Crippen LogP contribution in [0.1, 0.15) is 42.4 Å². The summed E-state index contributed by atoms with van der Waals surface area (Å²) in [7, 11) is 0. The van der Waals surface area contributed by atoms with Gasteiger partial charge >= 0.3 is 0 Å². The smallest absolute Gasteiger partial charge is 0.0731 e. The summed E-state index contributed by atoms with van der Waals surface area (Å²) in [6.45, 7) is 1.44. The molecule has 0 spiro atoms. The Kier molecular flexibility index (Phi) is 7.77. The van der Waals surface area contributed by atoms with E-state index in [9.17, 15) is 0 Å². The number of allylic oxidation sites excluding steroid dienone is 1. The van der Waals surface area contributed by atoms with Crippen LogP contribution in [0.2, 0.25) is 0 Å². The zero-order valence-electron chi connectivity index (χ0n) is 15.6. The quantitative estimate of drug-likeness (QED) is 0.437. The van der Waals surface area contributed by atoms with Crippen molar-refractivity contribution in [3.63, 3.8) is 0 Å². The Balaban J connectivity index is 1.44. The Morgan fingerprint density at radius 3 is 2.30 bits per heavy atom. The first-order valence-corrected chi connectivity index (χ1v) is 9.56. The van der Waals surface area contributed by atoms with Crippen LogP contribution in [0.15, 0.2) is 85.5 Å². The summed E-state index contributed by atoms with van der Waals surface area (Å²) in [5, 5.41) is 0. The molecule has 0 atom stereocenters. The Labute approximate surface area is 161 Å². The van der Waals surface area contributed by atoms with E-state index in [1.807, 2.05) is 36.8 Å². The van der Waals surface area contributed by atoms with Crippen LogP contribution in [0.4, 0.5) is 0 Å². The molecule has 0 unspecified atom stereocenters. The summed E-state index contributed by atoms with van der Waals surface area (Å²) in [6, 6.07) is 18.6. The van der Waals surface area contributed by atoms with Gasteiger partial charge in [0.15, 0.2) is 0 Å². The van der Waals surface area contributed by atoms with E-state index in [2.05, 4.69) is 52.4 Å². The predicted octanol–water partition coefficient (Wildman–Crippen LogP) is 5.69. The molecule has 138 valence electrons. The van der Waals surface area contributed by atoms with E-state index in [1.54, 1.807) is 6.20 Å². The highest BCUT2D eigenvalue weighted by Gasteiger charge is 2.04. The maximum atomic E-state index is 5.72. The largest absolute Gasteiger partial charge is 0.377 e. The van der Waals surface area contributed by atoms with Gasteiger partial charge in [-0.3, -0.25) is 9.97 Å². The van der Waals surface area contributed by atoms with Crippen molar-refractivity contribution in [1.82, 2.24) is 9.97 Å². The van der Waals surface area contributed by atoms with E-state index in [1.165, 1.54) is 23.1 Å². The van der Waals surface area contributed by atoms with Gasteiger partial charge in [-0.2, -0.15) is 0 Å². The highest BCUT2D eigenvalue weighted by atomic mass is 16.5. The minimum atomic E-state index is 0.646. The topological polar surface area (TPSA) is 35.0 Å². The molecule has 0 saturated carbocycles. The van der Waals surface area contributed by atoms with E-state index < -0.39 is 0 Å². The van der Waals surface area contributed by atoms with Crippen LogP contribution >= 0.6 is 0 Å². The van der Waals surface area contributed by atoms with E-state index >= 15 is 0 Å². The molecule has 0 aliphatic rings. The van der Waals surface area contributed by atoms with Gasteiger partial charge < -0.3 is 4.74 Å². The van der Waals surface area contributed by atoms with Crippen LogP contribution in [0.5, 0.6) is 0 Å². The Morgan fingerprint density at radius 2 is 1.56 bits per heavy atom. The molecule has 3 nitrogen and oxygen atoms in total. The van der Waals surface area contributed by atoms with Gasteiger partial charge in [-0.15, -0.1) is 0 Å². The SMILES string of the molecule is C(/CCCCCOCc1cccnc1)=C(/c1ccccc1)c1cccnc1. The van der Waals surface area contributed by atoms with Crippen LogP contribution in [0.25, 0.3) is 5.57 Å². The number of hydrogen-bond acceptors (Lipinski definition) is 3. The maximum Gasteiger partial charge on any atom is 0.0731 e. The molecule has 3 aromatic rings.